The highest BCUT2D eigenvalue weighted by atomic mass is 16.7. The van der Waals surface area contributed by atoms with E-state index in [2.05, 4.69) is 0 Å². The lowest BCUT2D eigenvalue weighted by atomic mass is 9.75. The van der Waals surface area contributed by atoms with Gasteiger partial charge in [-0.1, -0.05) is 13.8 Å². The molecule has 84 heavy (non-hydrogen) atoms. The first kappa shape index (κ1) is 65.7. The van der Waals surface area contributed by atoms with Gasteiger partial charge in [0, 0.05) is 65.2 Å². The van der Waals surface area contributed by atoms with Crippen molar-refractivity contribution in [2.75, 3.05) is 14.2 Å². The SMILES string of the molecule is CO[C@@H]1[C@H](O)C[C@@H](O[C@H]2[C@@H](C)O[C@H](Oc3cc(O)c4c(O)c5c(cc4c3)C[C@@H]([C@H](OC)C(=O)[C@@H](O)[C@@H](C)O)[C@H](O[C@H]3C[C@@H](O[C@H]4C[C@@H](O[C@H]6C[C@@](C)(O)[C@@H](OC(=O)C(C)C)[C@H](C)O6)[C@H](O)[C@@H](C)O4)[C@H](O)[C@@H](C)O3)C5=O)C[C@H]2OC(C)=O)O[C@@H]1C. The average molecular weight is 1200 g/mol. The van der Waals surface area contributed by atoms with Crippen molar-refractivity contribution in [1.82, 2.24) is 0 Å². The van der Waals surface area contributed by atoms with Gasteiger partial charge in [0.15, 0.2) is 42.8 Å². The zero-order valence-electron chi connectivity index (χ0n) is 49.3. The highest BCUT2D eigenvalue weighted by Gasteiger charge is 2.53. The summed E-state index contributed by atoms with van der Waals surface area (Å²) >= 11 is 0. The van der Waals surface area contributed by atoms with E-state index in [4.69, 9.17) is 66.3 Å². The molecule has 5 aliphatic heterocycles. The number of phenolic OH excluding ortho intramolecular Hbond substituents is 2. The van der Waals surface area contributed by atoms with Crippen LogP contribution in [0.15, 0.2) is 18.2 Å². The molecule has 25 atom stereocenters. The molecule has 6 aliphatic rings. The molecule has 0 aromatic heterocycles. The maximum atomic E-state index is 15.1. The molecule has 26 heteroatoms. The number of aliphatic hydroxyl groups is 6. The molecule has 2 aromatic carbocycles. The third kappa shape index (κ3) is 14.3. The van der Waals surface area contributed by atoms with Crippen molar-refractivity contribution in [3.05, 3.63) is 29.3 Å². The quantitative estimate of drug-likeness (QED) is 0.0931. The maximum absolute atomic E-state index is 15.1. The minimum atomic E-state index is -1.96. The van der Waals surface area contributed by atoms with Gasteiger partial charge in [0.05, 0.1) is 71.8 Å². The van der Waals surface area contributed by atoms with E-state index in [1.807, 2.05) is 0 Å². The Balaban J connectivity index is 1.01. The van der Waals surface area contributed by atoms with Crippen molar-refractivity contribution >= 4 is 34.3 Å². The first-order valence-electron chi connectivity index (χ1n) is 28.7. The van der Waals surface area contributed by atoms with Crippen LogP contribution in [0.3, 0.4) is 0 Å². The van der Waals surface area contributed by atoms with Gasteiger partial charge in [0.1, 0.15) is 71.7 Å². The van der Waals surface area contributed by atoms with Crippen molar-refractivity contribution in [2.45, 2.75) is 255 Å². The van der Waals surface area contributed by atoms with Crippen LogP contribution < -0.4 is 4.74 Å². The van der Waals surface area contributed by atoms with Gasteiger partial charge in [-0.25, -0.2) is 0 Å². The summed E-state index contributed by atoms with van der Waals surface area (Å²) in [5.74, 6) is -5.81. The predicted octanol–water partition coefficient (Wildman–Crippen LogP) is 1.87. The first-order valence-corrected chi connectivity index (χ1v) is 28.7. The van der Waals surface area contributed by atoms with Crippen LogP contribution in [0.4, 0.5) is 0 Å². The molecule has 472 valence electrons. The minimum absolute atomic E-state index is 0.0401. The van der Waals surface area contributed by atoms with E-state index in [1.54, 1.807) is 41.5 Å². The van der Waals surface area contributed by atoms with E-state index in [-0.39, 0.29) is 66.2 Å². The number of Topliss-reactive ketones (excluding diaryl/α,β-unsaturated/α-hetero) is 2. The summed E-state index contributed by atoms with van der Waals surface area (Å²) in [6.45, 7) is 15.5. The molecule has 2 aromatic rings. The van der Waals surface area contributed by atoms with Crippen molar-refractivity contribution in [3.63, 3.8) is 0 Å². The number of hydrogen-bond acceptors (Lipinski definition) is 26. The lowest BCUT2D eigenvalue weighted by molar-refractivity contribution is -0.334. The second kappa shape index (κ2) is 27.0. The minimum Gasteiger partial charge on any atom is -0.507 e. The Hall–Kier alpha value is -4.30. The van der Waals surface area contributed by atoms with Gasteiger partial charge >= 0.3 is 11.9 Å². The molecular weight excluding hydrogens is 1110 g/mol. The summed E-state index contributed by atoms with van der Waals surface area (Å²) in [4.78, 5) is 53.9. The number of carbonyl (C=O) groups is 4. The molecule has 0 saturated carbocycles. The number of phenols is 2. The van der Waals surface area contributed by atoms with Crippen LogP contribution in [0.1, 0.15) is 117 Å². The molecule has 0 spiro atoms. The number of esters is 2. The summed E-state index contributed by atoms with van der Waals surface area (Å²) in [6.07, 6.45) is -25.8. The smallest absolute Gasteiger partial charge is 0.308 e. The van der Waals surface area contributed by atoms with Crippen LogP contribution >= 0.6 is 0 Å². The van der Waals surface area contributed by atoms with Crippen molar-refractivity contribution in [1.29, 1.82) is 0 Å². The lowest BCUT2D eigenvalue weighted by Gasteiger charge is -2.47. The third-order valence-electron chi connectivity index (χ3n) is 16.7. The van der Waals surface area contributed by atoms with Gasteiger partial charge in [-0.05, 0) is 78.0 Å². The fourth-order valence-electron chi connectivity index (χ4n) is 12.3. The number of hydrogen-bond donors (Lipinski definition) is 8. The number of ketones is 2. The zero-order valence-corrected chi connectivity index (χ0v) is 49.3. The lowest BCUT2D eigenvalue weighted by Crippen LogP contribution is -2.59. The highest BCUT2D eigenvalue weighted by molar-refractivity contribution is 6.11. The van der Waals surface area contributed by atoms with Crippen LogP contribution in [0.25, 0.3) is 10.8 Å². The second-order valence-corrected chi connectivity index (χ2v) is 23.7. The number of carbonyl (C=O) groups excluding carboxylic acids is 4. The van der Waals surface area contributed by atoms with Gasteiger partial charge < -0.3 is 107 Å². The molecule has 1 aliphatic carbocycles. The van der Waals surface area contributed by atoms with Crippen LogP contribution in [0.2, 0.25) is 0 Å². The largest absolute Gasteiger partial charge is 0.507 e. The normalized spacial score (nSPS) is 39.5. The number of fused-ring (bicyclic) bond motifs is 2. The highest BCUT2D eigenvalue weighted by Crippen LogP contribution is 2.46. The molecule has 26 nitrogen and oxygen atoms in total. The number of aromatic hydroxyl groups is 2. The summed E-state index contributed by atoms with van der Waals surface area (Å²) in [5, 5.41) is 89.7. The van der Waals surface area contributed by atoms with E-state index in [9.17, 15) is 55.2 Å². The molecule has 5 fully saturated rings. The Kier molecular flexibility index (Phi) is 21.1. The number of methoxy groups -OCH3 is 2. The van der Waals surface area contributed by atoms with E-state index in [0.29, 0.717) is 0 Å². The van der Waals surface area contributed by atoms with Gasteiger partial charge in [-0.3, -0.25) is 19.2 Å². The molecule has 0 bridgehead atoms. The first-order chi connectivity index (χ1) is 39.5. The van der Waals surface area contributed by atoms with Crippen LogP contribution in [0, 0.1) is 11.8 Å². The number of ether oxygens (including phenoxy) is 14. The average Bonchev–Trinajstić information content (AvgIpc) is 2.44. The molecule has 5 saturated heterocycles. The third-order valence-corrected chi connectivity index (χ3v) is 16.7. The van der Waals surface area contributed by atoms with E-state index in [0.717, 1.165) is 0 Å². The topological polar surface area (TPSA) is 359 Å². The Morgan fingerprint density at radius 3 is 1.82 bits per heavy atom. The molecule has 5 heterocycles. The maximum Gasteiger partial charge on any atom is 0.308 e. The second-order valence-electron chi connectivity index (χ2n) is 23.7. The standard InChI is InChI=1S/C58H84O26/c1-22(2)57(69)84-56-28(8)77-43(21-58(56,10)70)81-37-18-41(73-24(4)48(37)65)80-36-19-42(74-25(5)47(36)64)83-55-33(54(72-12)51(68)46(63)23(3)59)15-31-13-30-14-32(16-34(61)44(30)49(66)45(31)50(55)67)79-40-20-38(78-29(9)60)53(27(7)76-40)82-39-17-35(62)52(71-11)26(6)75-39/h13-14,16,22-28,33,35-43,46-48,52-56,59,61-66,70H,15,17-21H2,1-12H3/t23-,24-,25-,26-,27-,28+,33+,35-,36-,37-,38-,39-,40-,41+,42+,43+,46+,47-,48-,52+,53+,54+,55+,56+,58-/m1/s1. The Bertz CT molecular complexity index is 2620. The van der Waals surface area contributed by atoms with Crippen LogP contribution in [-0.4, -0.2) is 225 Å². The Labute approximate surface area is 486 Å². The molecular formula is C58H84O26. The number of aliphatic hydroxyl groups excluding tert-OH is 5. The summed E-state index contributed by atoms with van der Waals surface area (Å²) in [5.41, 5.74) is -1.66. The molecule has 0 amide bonds. The fraction of sp³-hybridized carbons (Fsp3) is 0.759. The van der Waals surface area contributed by atoms with Crippen LogP contribution in [-0.2, 0) is 82.4 Å². The number of benzene rings is 2. The summed E-state index contributed by atoms with van der Waals surface area (Å²) in [6, 6.07) is 4.18. The molecule has 8 rings (SSSR count). The molecule has 8 N–H and O–H groups in total. The van der Waals surface area contributed by atoms with Crippen molar-refractivity contribution in [2.24, 2.45) is 11.8 Å². The zero-order chi connectivity index (χ0) is 61.5. The van der Waals surface area contributed by atoms with Crippen molar-refractivity contribution in [3.8, 4) is 17.2 Å². The van der Waals surface area contributed by atoms with Crippen molar-refractivity contribution < 1.29 is 126 Å². The summed E-state index contributed by atoms with van der Waals surface area (Å²) < 4.78 is 84.3. The van der Waals surface area contributed by atoms with E-state index in [1.165, 1.54) is 60.1 Å². The summed E-state index contributed by atoms with van der Waals surface area (Å²) in [7, 11) is 2.65. The fourth-order valence-corrected chi connectivity index (χ4v) is 12.3. The van der Waals surface area contributed by atoms with Gasteiger partial charge in [0.25, 0.3) is 0 Å². The van der Waals surface area contributed by atoms with E-state index >= 15 is 4.79 Å². The number of rotatable bonds is 19. The molecule has 0 unspecified atom stereocenters. The van der Waals surface area contributed by atoms with E-state index < -0.39 is 194 Å². The van der Waals surface area contributed by atoms with Gasteiger partial charge in [-0.2, -0.15) is 0 Å². The monoisotopic (exact) mass is 1200 g/mol. The molecule has 0 radical (unpaired) electrons. The van der Waals surface area contributed by atoms with Gasteiger partial charge in [0.2, 0.25) is 6.29 Å². The predicted molar refractivity (Wildman–Crippen MR) is 287 cm³/mol. The Morgan fingerprint density at radius 1 is 0.690 bits per heavy atom. The van der Waals surface area contributed by atoms with Gasteiger partial charge in [-0.15, -0.1) is 0 Å². The Morgan fingerprint density at radius 2 is 1.25 bits per heavy atom. The van der Waals surface area contributed by atoms with Crippen LogP contribution in [0.5, 0.6) is 17.2 Å².